The van der Waals surface area contributed by atoms with Crippen molar-refractivity contribution in [2.45, 2.75) is 38.8 Å². The molecule has 29 heavy (non-hydrogen) atoms. The van der Waals surface area contributed by atoms with Crippen LogP contribution in [0.25, 0.3) is 0 Å². The van der Waals surface area contributed by atoms with Crippen molar-refractivity contribution < 1.29 is 13.9 Å². The smallest absolute Gasteiger partial charge is 0.289 e. The summed E-state index contributed by atoms with van der Waals surface area (Å²) < 4.78 is 11.2. The Balaban J connectivity index is 1.37. The highest BCUT2D eigenvalue weighted by atomic mass is 16.5. The molecule has 0 radical (unpaired) electrons. The summed E-state index contributed by atoms with van der Waals surface area (Å²) in [4.78, 5) is 25.3. The van der Waals surface area contributed by atoms with E-state index in [-0.39, 0.29) is 18.1 Å². The maximum absolute atomic E-state index is 12.4. The van der Waals surface area contributed by atoms with Gasteiger partial charge in [0.2, 0.25) is 0 Å². The van der Waals surface area contributed by atoms with E-state index in [1.807, 2.05) is 11.0 Å². The van der Waals surface area contributed by atoms with Crippen molar-refractivity contribution in [3.05, 3.63) is 36.5 Å². The Bertz CT molecular complexity index is 802. The number of nitrogens with zero attached hydrogens (tertiary/aromatic N) is 4. The Kier molecular flexibility index (Phi) is 5.99. The van der Waals surface area contributed by atoms with Crippen LogP contribution in [0.1, 0.15) is 37.2 Å². The van der Waals surface area contributed by atoms with Gasteiger partial charge in [0.1, 0.15) is 18.0 Å². The minimum Gasteiger partial charge on any atom is -0.459 e. The molecular formula is C21H29N5O3. The van der Waals surface area contributed by atoms with E-state index in [2.05, 4.69) is 34.0 Å². The third kappa shape index (κ3) is 4.53. The molecule has 1 N–H and O–H groups in total. The lowest BCUT2D eigenvalue weighted by atomic mass is 9.94. The predicted molar refractivity (Wildman–Crippen MR) is 110 cm³/mol. The van der Waals surface area contributed by atoms with Crippen molar-refractivity contribution in [2.24, 2.45) is 5.92 Å². The van der Waals surface area contributed by atoms with E-state index in [1.165, 1.54) is 6.26 Å². The van der Waals surface area contributed by atoms with E-state index >= 15 is 0 Å². The van der Waals surface area contributed by atoms with Gasteiger partial charge < -0.3 is 24.3 Å². The zero-order valence-electron chi connectivity index (χ0n) is 17.1. The summed E-state index contributed by atoms with van der Waals surface area (Å²) >= 11 is 0. The number of ether oxygens (including phenoxy) is 1. The van der Waals surface area contributed by atoms with Crippen molar-refractivity contribution in [1.82, 2.24) is 14.9 Å². The Morgan fingerprint density at radius 3 is 2.79 bits per heavy atom. The average molecular weight is 399 g/mol. The number of furan rings is 1. The summed E-state index contributed by atoms with van der Waals surface area (Å²) in [7, 11) is 0. The molecule has 0 unspecified atom stereocenters. The quantitative estimate of drug-likeness (QED) is 0.827. The third-order valence-electron chi connectivity index (χ3n) is 5.63. The molecule has 2 saturated heterocycles. The van der Waals surface area contributed by atoms with Crippen molar-refractivity contribution in [3.8, 4) is 0 Å². The van der Waals surface area contributed by atoms with Gasteiger partial charge in [-0.25, -0.2) is 9.97 Å². The van der Waals surface area contributed by atoms with Gasteiger partial charge in [-0.05, 0) is 30.9 Å². The number of hydrogen-bond donors (Lipinski definition) is 1. The second kappa shape index (κ2) is 8.82. The average Bonchev–Trinajstić information content (AvgIpc) is 3.29. The van der Waals surface area contributed by atoms with Gasteiger partial charge >= 0.3 is 0 Å². The van der Waals surface area contributed by atoms with Gasteiger partial charge in [-0.1, -0.05) is 13.8 Å². The summed E-state index contributed by atoms with van der Waals surface area (Å²) in [5.74, 6) is 2.49. The third-order valence-corrected chi connectivity index (χ3v) is 5.63. The van der Waals surface area contributed by atoms with Gasteiger partial charge in [-0.15, -0.1) is 0 Å². The van der Waals surface area contributed by atoms with Gasteiger partial charge in [-0.3, -0.25) is 4.79 Å². The van der Waals surface area contributed by atoms with Crippen molar-refractivity contribution in [1.29, 1.82) is 0 Å². The maximum atomic E-state index is 12.4. The Morgan fingerprint density at radius 1 is 1.24 bits per heavy atom. The van der Waals surface area contributed by atoms with E-state index in [0.717, 1.165) is 44.2 Å². The minimum atomic E-state index is -0.0586. The number of carbonyl (C=O) groups excluding carboxylic acids is 1. The molecule has 2 fully saturated rings. The van der Waals surface area contributed by atoms with Gasteiger partial charge in [0, 0.05) is 38.9 Å². The number of amides is 1. The fourth-order valence-electron chi connectivity index (χ4n) is 4.10. The fraction of sp³-hybridized carbons (Fsp3) is 0.571. The molecule has 2 aliphatic rings. The SMILES string of the molecule is CC(C)[C@H]1OCCC[C@H]1Nc1cc(N2CCN(C(=O)c3ccco3)CC2)ncn1. The zero-order valence-corrected chi connectivity index (χ0v) is 17.1. The molecule has 0 saturated carbocycles. The predicted octanol–water partition coefficient (Wildman–Crippen LogP) is 2.65. The van der Waals surface area contributed by atoms with Crippen LogP contribution < -0.4 is 10.2 Å². The molecule has 1 amide bonds. The van der Waals surface area contributed by atoms with Gasteiger partial charge in [0.15, 0.2) is 5.76 Å². The molecule has 4 rings (SSSR count). The van der Waals surface area contributed by atoms with E-state index < -0.39 is 0 Å². The highest BCUT2D eigenvalue weighted by Crippen LogP contribution is 2.25. The van der Waals surface area contributed by atoms with Crippen LogP contribution in [0.15, 0.2) is 35.2 Å². The number of nitrogens with one attached hydrogen (secondary N) is 1. The van der Waals surface area contributed by atoms with Crippen LogP contribution in [0, 0.1) is 5.92 Å². The molecule has 2 atom stereocenters. The molecule has 2 aliphatic heterocycles. The summed E-state index contributed by atoms with van der Waals surface area (Å²) in [6, 6.07) is 5.70. The zero-order chi connectivity index (χ0) is 20.2. The molecule has 0 spiro atoms. The molecule has 4 heterocycles. The molecule has 2 aromatic heterocycles. The van der Waals surface area contributed by atoms with Crippen LogP contribution in [-0.4, -0.2) is 65.7 Å². The van der Waals surface area contributed by atoms with E-state index in [1.54, 1.807) is 18.5 Å². The molecular weight excluding hydrogens is 370 g/mol. The van der Waals surface area contributed by atoms with E-state index in [0.29, 0.717) is 24.8 Å². The Hall–Kier alpha value is -2.61. The Labute approximate surface area is 171 Å². The summed E-state index contributed by atoms with van der Waals surface area (Å²) in [5, 5.41) is 3.56. The topological polar surface area (TPSA) is 83.7 Å². The fourth-order valence-corrected chi connectivity index (χ4v) is 4.10. The lowest BCUT2D eigenvalue weighted by Gasteiger charge is -2.36. The second-order valence-corrected chi connectivity index (χ2v) is 7.99. The summed E-state index contributed by atoms with van der Waals surface area (Å²) in [6.45, 7) is 7.95. The number of hydrogen-bond acceptors (Lipinski definition) is 7. The largest absolute Gasteiger partial charge is 0.459 e. The number of carbonyl (C=O) groups is 1. The van der Waals surface area contributed by atoms with Crippen LogP contribution >= 0.6 is 0 Å². The first kappa shape index (κ1) is 19.7. The van der Waals surface area contributed by atoms with Crippen LogP contribution in [0.5, 0.6) is 0 Å². The van der Waals surface area contributed by atoms with E-state index in [4.69, 9.17) is 9.15 Å². The van der Waals surface area contributed by atoms with Crippen LogP contribution in [0.4, 0.5) is 11.6 Å². The summed E-state index contributed by atoms with van der Waals surface area (Å²) in [5.41, 5.74) is 0. The van der Waals surface area contributed by atoms with Gasteiger partial charge in [0.25, 0.3) is 5.91 Å². The molecule has 0 aliphatic carbocycles. The normalized spacial score (nSPS) is 22.7. The molecule has 0 aromatic carbocycles. The molecule has 0 bridgehead atoms. The molecule has 8 heteroatoms. The standard InChI is InChI=1S/C21H29N5O3/c1-15(2)20-16(5-3-12-29-20)24-18-13-19(23-14-22-18)25-7-9-26(10-8-25)21(27)17-6-4-11-28-17/h4,6,11,13-16,20H,3,5,7-10,12H2,1-2H3,(H,22,23,24)/t16-,20-/m1/s1. The van der Waals surface area contributed by atoms with Crippen LogP contribution in [0.3, 0.4) is 0 Å². The number of aromatic nitrogens is 2. The first-order chi connectivity index (χ1) is 14.1. The van der Waals surface area contributed by atoms with Crippen molar-refractivity contribution >= 4 is 17.5 Å². The first-order valence-corrected chi connectivity index (χ1v) is 10.4. The molecule has 2 aromatic rings. The Morgan fingerprint density at radius 2 is 2.07 bits per heavy atom. The lowest BCUT2D eigenvalue weighted by Crippen LogP contribution is -2.49. The molecule has 8 nitrogen and oxygen atoms in total. The number of anilines is 2. The van der Waals surface area contributed by atoms with Crippen LogP contribution in [-0.2, 0) is 4.74 Å². The number of rotatable bonds is 5. The second-order valence-electron chi connectivity index (χ2n) is 7.99. The molecule has 156 valence electrons. The highest BCUT2D eigenvalue weighted by molar-refractivity contribution is 5.91. The van der Waals surface area contributed by atoms with Gasteiger partial charge in [-0.2, -0.15) is 0 Å². The van der Waals surface area contributed by atoms with Crippen molar-refractivity contribution in [3.63, 3.8) is 0 Å². The maximum Gasteiger partial charge on any atom is 0.289 e. The first-order valence-electron chi connectivity index (χ1n) is 10.4. The minimum absolute atomic E-state index is 0.0586. The number of piperazine rings is 1. The highest BCUT2D eigenvalue weighted by Gasteiger charge is 2.29. The lowest BCUT2D eigenvalue weighted by molar-refractivity contribution is -0.0203. The van der Waals surface area contributed by atoms with E-state index in [9.17, 15) is 4.79 Å². The van der Waals surface area contributed by atoms with Crippen LogP contribution in [0.2, 0.25) is 0 Å². The van der Waals surface area contributed by atoms with Crippen molar-refractivity contribution in [2.75, 3.05) is 43.0 Å². The van der Waals surface area contributed by atoms with Gasteiger partial charge in [0.05, 0.1) is 18.4 Å². The summed E-state index contributed by atoms with van der Waals surface area (Å²) in [6.07, 6.45) is 5.46. The monoisotopic (exact) mass is 399 g/mol.